The average molecular weight is 257 g/mol. The quantitative estimate of drug-likeness (QED) is 0.654. The number of halogens is 1. The summed E-state index contributed by atoms with van der Waals surface area (Å²) in [6, 6.07) is 4.10. The van der Waals surface area contributed by atoms with Crippen molar-refractivity contribution in [2.75, 3.05) is 13.2 Å². The van der Waals surface area contributed by atoms with Gasteiger partial charge in [0.15, 0.2) is 18.2 Å². The molecule has 1 aromatic rings. The molecular weight excluding hydrogens is 245 g/mol. The second-order valence-corrected chi connectivity index (χ2v) is 3.36. The van der Waals surface area contributed by atoms with Crippen molar-refractivity contribution < 1.29 is 28.9 Å². The molecule has 0 aliphatic heterocycles. The number of carbonyl (C=O) groups is 2. The lowest BCUT2D eigenvalue weighted by Gasteiger charge is -2.12. The molecule has 0 heterocycles. The Bertz CT molecular complexity index is 437. The van der Waals surface area contributed by atoms with E-state index in [4.69, 9.17) is 14.9 Å². The zero-order valence-electron chi connectivity index (χ0n) is 9.30. The maximum Gasteiger partial charge on any atom is 0.328 e. The third-order valence-electron chi connectivity index (χ3n) is 2.01. The van der Waals surface area contributed by atoms with Gasteiger partial charge in [-0.05, 0) is 12.1 Å². The number of ether oxygens (including phenoxy) is 1. The van der Waals surface area contributed by atoms with Crippen LogP contribution in [0.1, 0.15) is 0 Å². The number of carboxylic acid groups (broad SMARTS) is 1. The van der Waals surface area contributed by atoms with Crippen LogP contribution in [0.15, 0.2) is 24.3 Å². The molecule has 0 saturated carbocycles. The molecule has 1 amide bonds. The SMILES string of the molecule is O=C(COc1ccccc1F)N[C@@H](CO)C(=O)O. The van der Waals surface area contributed by atoms with Crippen LogP contribution in [-0.4, -0.2) is 41.3 Å². The van der Waals surface area contributed by atoms with Crippen LogP contribution >= 0.6 is 0 Å². The van der Waals surface area contributed by atoms with E-state index in [-0.39, 0.29) is 5.75 Å². The molecule has 0 aliphatic rings. The van der Waals surface area contributed by atoms with E-state index in [0.29, 0.717) is 0 Å². The van der Waals surface area contributed by atoms with Gasteiger partial charge >= 0.3 is 5.97 Å². The molecule has 1 atom stereocenters. The molecule has 0 aromatic heterocycles. The largest absolute Gasteiger partial charge is 0.481 e. The molecule has 6 nitrogen and oxygen atoms in total. The Morgan fingerprint density at radius 3 is 2.61 bits per heavy atom. The van der Waals surface area contributed by atoms with Crippen LogP contribution in [-0.2, 0) is 9.59 Å². The summed E-state index contributed by atoms with van der Waals surface area (Å²) in [4.78, 5) is 21.8. The van der Waals surface area contributed by atoms with Crippen LogP contribution in [0.25, 0.3) is 0 Å². The Balaban J connectivity index is 2.47. The van der Waals surface area contributed by atoms with Gasteiger partial charge in [0.2, 0.25) is 0 Å². The number of hydrogen-bond acceptors (Lipinski definition) is 4. The molecule has 0 fully saturated rings. The van der Waals surface area contributed by atoms with E-state index in [2.05, 4.69) is 0 Å². The third kappa shape index (κ3) is 4.02. The number of para-hydroxylation sites is 1. The van der Waals surface area contributed by atoms with Gasteiger partial charge in [0, 0.05) is 0 Å². The van der Waals surface area contributed by atoms with Crippen LogP contribution < -0.4 is 10.1 Å². The Kier molecular flexibility index (Phi) is 5.06. The summed E-state index contributed by atoms with van der Waals surface area (Å²) in [6.07, 6.45) is 0. The van der Waals surface area contributed by atoms with Crippen molar-refractivity contribution in [2.45, 2.75) is 6.04 Å². The molecule has 7 heteroatoms. The molecule has 98 valence electrons. The fourth-order valence-electron chi connectivity index (χ4n) is 1.13. The molecule has 0 bridgehead atoms. The van der Waals surface area contributed by atoms with Crippen LogP contribution in [0.2, 0.25) is 0 Å². The zero-order valence-corrected chi connectivity index (χ0v) is 9.30. The number of aliphatic carboxylic acids is 1. The van der Waals surface area contributed by atoms with Crippen LogP contribution in [0.3, 0.4) is 0 Å². The molecule has 0 radical (unpaired) electrons. The first-order valence-corrected chi connectivity index (χ1v) is 5.05. The van der Waals surface area contributed by atoms with Crippen molar-refractivity contribution in [1.29, 1.82) is 0 Å². The third-order valence-corrected chi connectivity index (χ3v) is 2.01. The summed E-state index contributed by atoms with van der Waals surface area (Å²) in [5.74, 6) is -2.86. The van der Waals surface area contributed by atoms with E-state index in [9.17, 15) is 14.0 Å². The topological polar surface area (TPSA) is 95.9 Å². The number of benzene rings is 1. The molecule has 0 aliphatic carbocycles. The lowest BCUT2D eigenvalue weighted by atomic mass is 10.3. The van der Waals surface area contributed by atoms with Crippen molar-refractivity contribution in [3.05, 3.63) is 30.1 Å². The van der Waals surface area contributed by atoms with Gasteiger partial charge in [-0.25, -0.2) is 9.18 Å². The molecule has 1 rings (SSSR count). The second-order valence-electron chi connectivity index (χ2n) is 3.36. The molecule has 0 saturated heterocycles. The van der Waals surface area contributed by atoms with Crippen LogP contribution in [0.5, 0.6) is 5.75 Å². The highest BCUT2D eigenvalue weighted by atomic mass is 19.1. The first-order chi connectivity index (χ1) is 8.54. The summed E-state index contributed by atoms with van der Waals surface area (Å²) in [7, 11) is 0. The zero-order chi connectivity index (χ0) is 13.5. The normalized spacial score (nSPS) is 11.7. The Morgan fingerprint density at radius 1 is 1.39 bits per heavy atom. The molecule has 0 unspecified atom stereocenters. The Morgan fingerprint density at radius 2 is 2.06 bits per heavy atom. The summed E-state index contributed by atoms with van der Waals surface area (Å²) >= 11 is 0. The van der Waals surface area contributed by atoms with Crippen LogP contribution in [0, 0.1) is 5.82 Å². The predicted molar refractivity (Wildman–Crippen MR) is 58.5 cm³/mol. The van der Waals surface area contributed by atoms with Gasteiger partial charge in [-0.3, -0.25) is 4.79 Å². The summed E-state index contributed by atoms with van der Waals surface area (Å²) in [5.41, 5.74) is 0. The number of nitrogens with one attached hydrogen (secondary N) is 1. The van der Waals surface area contributed by atoms with Gasteiger partial charge in [0.1, 0.15) is 6.04 Å². The minimum Gasteiger partial charge on any atom is -0.481 e. The fraction of sp³-hybridized carbons (Fsp3) is 0.273. The number of carboxylic acids is 1. The van der Waals surface area contributed by atoms with Gasteiger partial charge in [-0.1, -0.05) is 12.1 Å². The minimum atomic E-state index is -1.40. The monoisotopic (exact) mass is 257 g/mol. The second kappa shape index (κ2) is 6.55. The standard InChI is InChI=1S/C11H12FNO5/c12-7-3-1-2-4-9(7)18-6-10(15)13-8(5-14)11(16)17/h1-4,8,14H,5-6H2,(H,13,15)(H,16,17)/t8-/m0/s1. The van der Waals surface area contributed by atoms with E-state index in [0.717, 1.165) is 0 Å². The van der Waals surface area contributed by atoms with Crippen molar-refractivity contribution in [2.24, 2.45) is 0 Å². The van der Waals surface area contributed by atoms with E-state index >= 15 is 0 Å². The smallest absolute Gasteiger partial charge is 0.328 e. The highest BCUT2D eigenvalue weighted by Gasteiger charge is 2.18. The summed E-state index contributed by atoms with van der Waals surface area (Å²) < 4.78 is 18.0. The van der Waals surface area contributed by atoms with Crippen molar-refractivity contribution in [3.63, 3.8) is 0 Å². The maximum absolute atomic E-state index is 13.1. The van der Waals surface area contributed by atoms with Crippen molar-refractivity contribution in [1.82, 2.24) is 5.32 Å². The van der Waals surface area contributed by atoms with Gasteiger partial charge in [-0.15, -0.1) is 0 Å². The van der Waals surface area contributed by atoms with E-state index < -0.39 is 36.9 Å². The number of hydrogen-bond donors (Lipinski definition) is 3. The first kappa shape index (κ1) is 13.9. The van der Waals surface area contributed by atoms with Crippen molar-refractivity contribution in [3.8, 4) is 5.75 Å². The molecule has 0 spiro atoms. The highest BCUT2D eigenvalue weighted by molar-refractivity contribution is 5.84. The number of carbonyl (C=O) groups excluding carboxylic acids is 1. The predicted octanol–water partition coefficient (Wildman–Crippen LogP) is -0.234. The minimum absolute atomic E-state index is 0.108. The van der Waals surface area contributed by atoms with Gasteiger partial charge < -0.3 is 20.3 Å². The number of rotatable bonds is 6. The van der Waals surface area contributed by atoms with E-state index in [1.165, 1.54) is 24.3 Å². The molecule has 3 N–H and O–H groups in total. The lowest BCUT2D eigenvalue weighted by Crippen LogP contribution is -2.45. The van der Waals surface area contributed by atoms with Crippen LogP contribution in [0.4, 0.5) is 4.39 Å². The molecular formula is C11H12FNO5. The average Bonchev–Trinajstić information content (AvgIpc) is 2.34. The maximum atomic E-state index is 13.1. The van der Waals surface area contributed by atoms with E-state index in [1.54, 1.807) is 0 Å². The number of amides is 1. The van der Waals surface area contributed by atoms with Crippen molar-refractivity contribution >= 4 is 11.9 Å². The lowest BCUT2D eigenvalue weighted by molar-refractivity contribution is -0.143. The summed E-state index contributed by atoms with van der Waals surface area (Å²) in [6.45, 7) is -1.27. The first-order valence-electron chi connectivity index (χ1n) is 5.05. The summed E-state index contributed by atoms with van der Waals surface area (Å²) in [5, 5.41) is 19.3. The Labute approximate surface area is 102 Å². The molecule has 18 heavy (non-hydrogen) atoms. The number of aliphatic hydroxyl groups is 1. The molecule has 1 aromatic carbocycles. The van der Waals surface area contributed by atoms with Gasteiger partial charge in [-0.2, -0.15) is 0 Å². The van der Waals surface area contributed by atoms with Gasteiger partial charge in [0.05, 0.1) is 6.61 Å². The van der Waals surface area contributed by atoms with Gasteiger partial charge in [0.25, 0.3) is 5.91 Å². The number of aliphatic hydroxyl groups excluding tert-OH is 1. The highest BCUT2D eigenvalue weighted by Crippen LogP contribution is 2.14. The van der Waals surface area contributed by atoms with E-state index in [1.807, 2.05) is 5.32 Å². The fourth-order valence-corrected chi connectivity index (χ4v) is 1.13. The Hall–Kier alpha value is -2.15.